The van der Waals surface area contributed by atoms with Gasteiger partial charge in [0, 0.05) is 18.6 Å². The van der Waals surface area contributed by atoms with Gasteiger partial charge in [-0.15, -0.1) is 0 Å². The number of hydrogen-bond acceptors (Lipinski definition) is 2. The molecule has 1 aromatic carbocycles. The van der Waals surface area contributed by atoms with Gasteiger partial charge in [-0.3, -0.25) is 4.90 Å². The number of benzene rings is 1. The summed E-state index contributed by atoms with van der Waals surface area (Å²) in [6.45, 7) is 6.73. The average Bonchev–Trinajstić information content (AvgIpc) is 3.16. The van der Waals surface area contributed by atoms with Gasteiger partial charge in [0.2, 0.25) is 0 Å². The molecule has 1 aromatic rings. The maximum Gasteiger partial charge on any atom is 0.0236 e. The van der Waals surface area contributed by atoms with Crippen LogP contribution in [0.15, 0.2) is 24.3 Å². The molecular weight excluding hydrogens is 220 g/mol. The monoisotopic (exact) mass is 246 g/mol. The van der Waals surface area contributed by atoms with Crippen molar-refractivity contribution in [1.29, 1.82) is 0 Å². The molecule has 2 rings (SSSR count). The molecule has 1 fully saturated rings. The Balaban J connectivity index is 1.75. The van der Waals surface area contributed by atoms with Crippen LogP contribution in [0.1, 0.15) is 37.3 Å². The summed E-state index contributed by atoms with van der Waals surface area (Å²) in [5, 5.41) is 3.59. The highest BCUT2D eigenvalue weighted by molar-refractivity contribution is 5.25. The van der Waals surface area contributed by atoms with E-state index in [2.05, 4.69) is 55.4 Å². The molecule has 0 bridgehead atoms. The van der Waals surface area contributed by atoms with Crippen molar-refractivity contribution in [3.8, 4) is 0 Å². The zero-order valence-electron chi connectivity index (χ0n) is 11.9. The van der Waals surface area contributed by atoms with Crippen molar-refractivity contribution in [3.05, 3.63) is 35.4 Å². The van der Waals surface area contributed by atoms with E-state index in [-0.39, 0.29) is 0 Å². The summed E-state index contributed by atoms with van der Waals surface area (Å²) >= 11 is 0. The van der Waals surface area contributed by atoms with Gasteiger partial charge in [0.15, 0.2) is 0 Å². The zero-order chi connectivity index (χ0) is 13.0. The third-order valence-corrected chi connectivity index (χ3v) is 4.01. The summed E-state index contributed by atoms with van der Waals surface area (Å²) in [5.41, 5.74) is 2.84. The summed E-state index contributed by atoms with van der Waals surface area (Å²) in [6.07, 6.45) is 4.00. The largest absolute Gasteiger partial charge is 0.314 e. The average molecular weight is 246 g/mol. The van der Waals surface area contributed by atoms with Crippen LogP contribution < -0.4 is 5.32 Å². The second-order valence-corrected chi connectivity index (χ2v) is 5.71. The van der Waals surface area contributed by atoms with E-state index in [0.29, 0.717) is 6.04 Å². The molecular formula is C16H26N2. The Hall–Kier alpha value is -0.860. The Morgan fingerprint density at radius 3 is 2.72 bits per heavy atom. The van der Waals surface area contributed by atoms with Gasteiger partial charge < -0.3 is 5.32 Å². The summed E-state index contributed by atoms with van der Waals surface area (Å²) in [4.78, 5) is 2.46. The normalized spacial score (nSPS) is 17.1. The number of nitrogens with zero attached hydrogens (tertiary/aromatic N) is 1. The topological polar surface area (TPSA) is 15.3 Å². The fourth-order valence-electron chi connectivity index (χ4n) is 2.22. The molecule has 1 atom stereocenters. The van der Waals surface area contributed by atoms with E-state index >= 15 is 0 Å². The van der Waals surface area contributed by atoms with Crippen LogP contribution in [-0.2, 0) is 6.54 Å². The minimum Gasteiger partial charge on any atom is -0.314 e. The number of aryl methyl sites for hydroxylation is 1. The molecule has 0 amide bonds. The van der Waals surface area contributed by atoms with Crippen molar-refractivity contribution < 1.29 is 0 Å². The molecule has 0 aliphatic heterocycles. The molecule has 0 saturated heterocycles. The van der Waals surface area contributed by atoms with Crippen LogP contribution in [0.25, 0.3) is 0 Å². The molecule has 1 aliphatic carbocycles. The van der Waals surface area contributed by atoms with Gasteiger partial charge in [0.25, 0.3) is 0 Å². The molecule has 1 saturated carbocycles. The first-order chi connectivity index (χ1) is 8.66. The van der Waals surface area contributed by atoms with Gasteiger partial charge in [-0.2, -0.15) is 0 Å². The Morgan fingerprint density at radius 1 is 1.33 bits per heavy atom. The van der Waals surface area contributed by atoms with Crippen LogP contribution >= 0.6 is 0 Å². The van der Waals surface area contributed by atoms with Crippen molar-refractivity contribution in [2.75, 3.05) is 13.6 Å². The first kappa shape index (κ1) is 13.6. The van der Waals surface area contributed by atoms with Crippen LogP contribution in [0.2, 0.25) is 0 Å². The smallest absolute Gasteiger partial charge is 0.0236 e. The fraction of sp³-hybridized carbons (Fsp3) is 0.625. The molecule has 0 spiro atoms. The van der Waals surface area contributed by atoms with E-state index in [1.54, 1.807) is 0 Å². The Kier molecular flexibility index (Phi) is 4.79. The Bertz CT molecular complexity index is 371. The lowest BCUT2D eigenvalue weighted by Gasteiger charge is -2.25. The highest BCUT2D eigenvalue weighted by Gasteiger charge is 2.20. The lowest BCUT2D eigenvalue weighted by molar-refractivity contribution is 0.236. The summed E-state index contributed by atoms with van der Waals surface area (Å²) < 4.78 is 0. The van der Waals surface area contributed by atoms with Crippen LogP contribution in [0.4, 0.5) is 0 Å². The first-order valence-electron chi connectivity index (χ1n) is 7.15. The summed E-state index contributed by atoms with van der Waals surface area (Å²) in [5.74, 6) is 0. The van der Waals surface area contributed by atoms with Gasteiger partial charge in [-0.1, -0.05) is 24.3 Å². The van der Waals surface area contributed by atoms with Crippen molar-refractivity contribution >= 4 is 0 Å². The zero-order valence-corrected chi connectivity index (χ0v) is 11.9. The third-order valence-electron chi connectivity index (χ3n) is 4.01. The van der Waals surface area contributed by atoms with Crippen LogP contribution in [-0.4, -0.2) is 30.6 Å². The van der Waals surface area contributed by atoms with Crippen LogP contribution in [0, 0.1) is 6.92 Å². The molecule has 100 valence electrons. The summed E-state index contributed by atoms with van der Waals surface area (Å²) in [6, 6.07) is 10.1. The lowest BCUT2D eigenvalue weighted by atomic mass is 10.1. The van der Waals surface area contributed by atoms with E-state index in [4.69, 9.17) is 0 Å². The molecule has 2 nitrogen and oxygen atoms in total. The Morgan fingerprint density at radius 2 is 2.06 bits per heavy atom. The number of rotatable bonds is 7. The van der Waals surface area contributed by atoms with Gasteiger partial charge in [0.1, 0.15) is 0 Å². The predicted molar refractivity (Wildman–Crippen MR) is 77.7 cm³/mol. The minimum atomic E-state index is 0.635. The maximum atomic E-state index is 3.59. The molecule has 0 heterocycles. The number of hydrogen-bond donors (Lipinski definition) is 1. The first-order valence-corrected chi connectivity index (χ1v) is 7.15. The molecule has 0 aromatic heterocycles. The van der Waals surface area contributed by atoms with Crippen molar-refractivity contribution in [3.63, 3.8) is 0 Å². The van der Waals surface area contributed by atoms with Gasteiger partial charge in [-0.25, -0.2) is 0 Å². The standard InChI is InChI=1S/C16H26N2/c1-13-6-4-5-7-15(13)12-18(3)14(2)10-11-17-16-8-9-16/h4-7,14,16-17H,8-12H2,1-3H3. The third kappa shape index (κ3) is 4.11. The van der Waals surface area contributed by atoms with Crippen LogP contribution in [0.3, 0.4) is 0 Å². The minimum absolute atomic E-state index is 0.635. The SMILES string of the molecule is Cc1ccccc1CN(C)C(C)CCNC1CC1. The molecule has 1 N–H and O–H groups in total. The van der Waals surface area contributed by atoms with Crippen LogP contribution in [0.5, 0.6) is 0 Å². The highest BCUT2D eigenvalue weighted by atomic mass is 15.1. The van der Waals surface area contributed by atoms with Crippen molar-refractivity contribution in [1.82, 2.24) is 10.2 Å². The van der Waals surface area contributed by atoms with E-state index in [1.807, 2.05) is 0 Å². The van der Waals surface area contributed by atoms with Gasteiger partial charge >= 0.3 is 0 Å². The molecule has 18 heavy (non-hydrogen) atoms. The Labute approximate surface area is 111 Å². The maximum absolute atomic E-state index is 3.59. The second kappa shape index (κ2) is 6.35. The fourth-order valence-corrected chi connectivity index (χ4v) is 2.22. The summed E-state index contributed by atoms with van der Waals surface area (Å²) in [7, 11) is 2.23. The lowest BCUT2D eigenvalue weighted by Crippen LogP contribution is -2.32. The van der Waals surface area contributed by atoms with E-state index in [9.17, 15) is 0 Å². The predicted octanol–water partition coefficient (Wildman–Crippen LogP) is 2.96. The molecule has 0 radical (unpaired) electrons. The number of nitrogens with one attached hydrogen (secondary N) is 1. The van der Waals surface area contributed by atoms with Crippen molar-refractivity contribution in [2.45, 2.75) is 51.7 Å². The van der Waals surface area contributed by atoms with E-state index in [1.165, 1.54) is 30.4 Å². The quantitative estimate of drug-likeness (QED) is 0.795. The van der Waals surface area contributed by atoms with Crippen molar-refractivity contribution in [2.24, 2.45) is 0 Å². The highest BCUT2D eigenvalue weighted by Crippen LogP contribution is 2.18. The van der Waals surface area contributed by atoms with E-state index in [0.717, 1.165) is 19.1 Å². The molecule has 1 aliphatic rings. The second-order valence-electron chi connectivity index (χ2n) is 5.71. The molecule has 2 heteroatoms. The van der Waals surface area contributed by atoms with E-state index < -0.39 is 0 Å². The molecule has 1 unspecified atom stereocenters. The van der Waals surface area contributed by atoms with Gasteiger partial charge in [-0.05, 0) is 57.8 Å². The van der Waals surface area contributed by atoms with Gasteiger partial charge in [0.05, 0.1) is 0 Å².